The standard InChI is InChI=1S/C22H32N10O20P4S/c1-30-6-32(16-10(30)18(37)29-22(24)27-16)20-14(45-2)12(34)8(49-20)4-47-54(40,41)51-56(44,57)52-55(42,43)50-53(38,39)46-3-7-11(33)13(35)19(48-7)31-5-25-9-15(31)26-21(23)28-17(9)36/h5-8,11-14,19-20,33-35H,3-4H2,1-2H3,(H9-,23,24,26,27,28,29,36,37,38,39,40,41,42,43,44,57)/p+1/t7-,8-,11?,12?,13?,14?,19-,20-,56?/m1/s1. The molecule has 2 fully saturated rings. The fourth-order valence-electron chi connectivity index (χ4n) is 5.79. The fourth-order valence-corrected chi connectivity index (χ4v) is 12.4. The summed E-state index contributed by atoms with van der Waals surface area (Å²) in [6.07, 6.45) is -9.87. The first-order valence-electron chi connectivity index (χ1n) is 15.5. The summed E-state index contributed by atoms with van der Waals surface area (Å²) in [5.74, 6) is -1.11. The molecule has 12 atom stereocenters. The van der Waals surface area contributed by atoms with Gasteiger partial charge in [-0.15, -0.1) is 0 Å². The van der Waals surface area contributed by atoms with Crippen LogP contribution in [0, 0.1) is 0 Å². The number of nitrogens with two attached hydrogens (primary N) is 2. The summed E-state index contributed by atoms with van der Waals surface area (Å²) in [5.41, 5.74) is 10.2. The molecule has 2 aliphatic heterocycles. The number of phosphoric ester groups is 2. The van der Waals surface area contributed by atoms with Crippen LogP contribution in [-0.4, -0.2) is 126 Å². The first-order chi connectivity index (χ1) is 26.4. The van der Waals surface area contributed by atoms with Crippen molar-refractivity contribution in [1.29, 1.82) is 0 Å². The number of hydrogen-bond acceptors (Lipinski definition) is 23. The van der Waals surface area contributed by atoms with Gasteiger partial charge in [-0.2, -0.15) is 32.5 Å². The summed E-state index contributed by atoms with van der Waals surface area (Å²) in [5, 5.41) is 42.1. The highest BCUT2D eigenvalue weighted by atomic mass is 32.7. The largest absolute Gasteiger partial charge is 0.490 e. The number of ether oxygens (including phenoxy) is 3. The van der Waals surface area contributed by atoms with Crippen molar-refractivity contribution >= 4 is 76.7 Å². The highest BCUT2D eigenvalue weighted by Crippen LogP contribution is 2.75. The van der Waals surface area contributed by atoms with E-state index in [-0.39, 0.29) is 34.2 Å². The summed E-state index contributed by atoms with van der Waals surface area (Å²) in [6.45, 7) is -7.65. The van der Waals surface area contributed by atoms with E-state index in [1.807, 2.05) is 0 Å². The van der Waals surface area contributed by atoms with Gasteiger partial charge in [0.2, 0.25) is 24.5 Å². The SMILES string of the molecule is COC1C(O)[C@@H](COP(=O)(O)OP(=O)(S)OP(=O)(O)OP(=O)(O)OC[C@H]2O[C@@H](n3cnc4c(=O)[nH]c(N)nc43)C(O)C2O)O[C@H]1n1c[n+](C)c2c(O)nc(N)nc21. The average Bonchev–Trinajstić information content (AvgIpc) is 3.80. The van der Waals surface area contributed by atoms with Crippen LogP contribution in [0.1, 0.15) is 12.5 Å². The maximum Gasteiger partial charge on any atom is 0.488 e. The number of methoxy groups -OCH3 is 1. The monoisotopic (exact) mass is 913 g/mol. The van der Waals surface area contributed by atoms with E-state index >= 15 is 0 Å². The molecular formula is C22H33N10O20P4S+. The number of rotatable bonds is 15. The predicted octanol–water partition coefficient (Wildman–Crippen LogP) is -2.43. The number of H-pyrrole nitrogens is 1. The van der Waals surface area contributed by atoms with Crippen molar-refractivity contribution in [2.45, 2.75) is 49.1 Å². The van der Waals surface area contributed by atoms with Gasteiger partial charge in [-0.05, 0) is 0 Å². The number of aromatic hydroxyl groups is 1. The van der Waals surface area contributed by atoms with E-state index in [4.69, 9.17) is 30.2 Å². The van der Waals surface area contributed by atoms with Gasteiger partial charge in [0, 0.05) is 7.11 Å². The number of nitrogens with one attached hydrogen (secondary N) is 1. The minimum atomic E-state index is -6.06. The predicted molar refractivity (Wildman–Crippen MR) is 185 cm³/mol. The second kappa shape index (κ2) is 15.9. The van der Waals surface area contributed by atoms with Gasteiger partial charge in [0.25, 0.3) is 22.6 Å². The van der Waals surface area contributed by atoms with Crippen molar-refractivity contribution in [2.24, 2.45) is 7.05 Å². The summed E-state index contributed by atoms with van der Waals surface area (Å²) in [4.78, 5) is 60.1. The van der Waals surface area contributed by atoms with Crippen LogP contribution in [0.4, 0.5) is 11.9 Å². The van der Waals surface area contributed by atoms with Crippen LogP contribution in [0.25, 0.3) is 22.3 Å². The summed E-state index contributed by atoms with van der Waals surface area (Å²) in [6, 6.07) is 0. The zero-order chi connectivity index (χ0) is 42.0. The molecule has 0 spiro atoms. The van der Waals surface area contributed by atoms with Crippen molar-refractivity contribution in [1.82, 2.24) is 34.1 Å². The molecule has 316 valence electrons. The van der Waals surface area contributed by atoms with Gasteiger partial charge in [-0.1, -0.05) is 12.2 Å². The van der Waals surface area contributed by atoms with Crippen LogP contribution in [0.15, 0.2) is 17.4 Å². The second-order valence-electron chi connectivity index (χ2n) is 12.0. The first kappa shape index (κ1) is 43.6. The number of phosphoric acid groups is 3. The van der Waals surface area contributed by atoms with E-state index in [0.717, 1.165) is 10.9 Å². The Hall–Kier alpha value is -2.99. The maximum absolute atomic E-state index is 12.8. The van der Waals surface area contributed by atoms with E-state index in [0.29, 0.717) is 0 Å². The van der Waals surface area contributed by atoms with Crippen molar-refractivity contribution in [3.63, 3.8) is 0 Å². The molecule has 6 rings (SSSR count). The normalized spacial score (nSPS) is 29.6. The Morgan fingerprint density at radius 3 is 2.12 bits per heavy atom. The average molecular weight is 914 g/mol. The molecule has 35 heteroatoms. The third kappa shape index (κ3) is 9.27. The molecule has 0 aliphatic carbocycles. The number of thiol groups is 1. The van der Waals surface area contributed by atoms with E-state index in [1.54, 1.807) is 0 Å². The molecule has 4 aromatic heterocycles. The summed E-state index contributed by atoms with van der Waals surface area (Å²) >= 11 is 3.31. The molecule has 57 heavy (non-hydrogen) atoms. The van der Waals surface area contributed by atoms with Crippen molar-refractivity contribution in [3.05, 3.63) is 23.0 Å². The number of nitrogen functional groups attached to an aromatic ring is 2. The molecule has 2 aliphatic rings. The Kier molecular flexibility index (Phi) is 12.1. The molecule has 0 bridgehead atoms. The molecule has 4 aromatic rings. The number of aliphatic hydroxyl groups excluding tert-OH is 3. The van der Waals surface area contributed by atoms with Gasteiger partial charge in [0.05, 0.1) is 26.6 Å². The van der Waals surface area contributed by atoms with Crippen molar-refractivity contribution < 1.29 is 94.1 Å². The molecule has 0 aromatic carbocycles. The van der Waals surface area contributed by atoms with Crippen molar-refractivity contribution in [2.75, 3.05) is 31.8 Å². The molecular weight excluding hydrogens is 880 g/mol. The zero-order valence-corrected chi connectivity index (χ0v) is 33.1. The number of aromatic nitrogens is 8. The van der Waals surface area contributed by atoms with Crippen molar-refractivity contribution in [3.8, 4) is 5.88 Å². The fraction of sp³-hybridized carbons (Fsp3) is 0.545. The van der Waals surface area contributed by atoms with E-state index in [1.165, 1.54) is 29.6 Å². The lowest BCUT2D eigenvalue weighted by atomic mass is 10.1. The molecule has 0 saturated carbocycles. The van der Waals surface area contributed by atoms with Crippen LogP contribution in [0.3, 0.4) is 0 Å². The number of aromatic amines is 1. The molecule has 8 unspecified atom stereocenters. The number of aliphatic hydroxyl groups is 3. The lowest BCUT2D eigenvalue weighted by Gasteiger charge is -2.22. The molecule has 0 radical (unpaired) electrons. The van der Waals surface area contributed by atoms with Crippen LogP contribution >= 0.6 is 42.5 Å². The first-order valence-corrected chi connectivity index (χ1v) is 22.7. The van der Waals surface area contributed by atoms with E-state index in [9.17, 15) is 58.2 Å². The smallest absolute Gasteiger partial charge is 0.488 e. The van der Waals surface area contributed by atoms with Gasteiger partial charge < -0.3 is 60.8 Å². The Morgan fingerprint density at radius 2 is 1.47 bits per heavy atom. The van der Waals surface area contributed by atoms with Gasteiger partial charge in [-0.3, -0.25) is 23.4 Å². The van der Waals surface area contributed by atoms with Crippen LogP contribution < -0.4 is 21.6 Å². The van der Waals surface area contributed by atoms with Gasteiger partial charge in [0.15, 0.2) is 23.5 Å². The Labute approximate surface area is 321 Å². The second-order valence-corrected chi connectivity index (χ2v) is 19.7. The number of fused-ring (bicyclic) bond motifs is 2. The highest BCUT2D eigenvalue weighted by Gasteiger charge is 2.51. The Balaban J connectivity index is 1.04. The van der Waals surface area contributed by atoms with Gasteiger partial charge >= 0.3 is 30.3 Å². The topological polar surface area (TPSA) is 434 Å². The quantitative estimate of drug-likeness (QED) is 0.0336. The lowest BCUT2D eigenvalue weighted by molar-refractivity contribution is -0.646. The number of aryl methyl sites for hydroxylation is 1. The minimum Gasteiger partial charge on any atom is -0.490 e. The Bertz CT molecular complexity index is 2440. The molecule has 0 amide bonds. The molecule has 12 N–H and O–H groups in total. The molecule has 30 nitrogen and oxygen atoms in total. The maximum atomic E-state index is 12.8. The number of hydrogen-bond donors (Lipinski definition) is 11. The number of nitrogens with zero attached hydrogens (tertiary/aromatic N) is 7. The zero-order valence-electron chi connectivity index (χ0n) is 28.6. The number of imidazole rings is 2. The third-order valence-electron chi connectivity index (χ3n) is 8.10. The van der Waals surface area contributed by atoms with Crippen LogP contribution in [0.2, 0.25) is 0 Å². The van der Waals surface area contributed by atoms with E-state index in [2.05, 4.69) is 54.6 Å². The third-order valence-corrected chi connectivity index (χ3v) is 15.3. The molecule has 2 saturated heterocycles. The van der Waals surface area contributed by atoms with Crippen LogP contribution in [0.5, 0.6) is 5.88 Å². The van der Waals surface area contributed by atoms with E-state index < -0.39 is 104 Å². The summed E-state index contributed by atoms with van der Waals surface area (Å²) in [7, 11) is -14.7. The van der Waals surface area contributed by atoms with Crippen LogP contribution in [-0.2, 0) is 61.5 Å². The highest BCUT2D eigenvalue weighted by molar-refractivity contribution is 8.45. The lowest BCUT2D eigenvalue weighted by Crippen LogP contribution is -2.35. The van der Waals surface area contributed by atoms with Gasteiger partial charge in [0.1, 0.15) is 30.5 Å². The number of anilines is 2. The summed E-state index contributed by atoms with van der Waals surface area (Å²) < 4.78 is 92.6. The molecule has 6 heterocycles. The minimum absolute atomic E-state index is 0.0428. The van der Waals surface area contributed by atoms with Gasteiger partial charge in [-0.25, -0.2) is 27.8 Å². The Morgan fingerprint density at radius 1 is 0.877 bits per heavy atom.